The van der Waals surface area contributed by atoms with Gasteiger partial charge in [0, 0.05) is 13.1 Å². The zero-order chi connectivity index (χ0) is 13.6. The molecule has 2 fully saturated rings. The third-order valence-electron chi connectivity index (χ3n) is 3.70. The van der Waals surface area contributed by atoms with Gasteiger partial charge in [-0.3, -0.25) is 4.90 Å². The van der Waals surface area contributed by atoms with E-state index in [4.69, 9.17) is 16.7 Å². The Morgan fingerprint density at radius 1 is 1.42 bits per heavy atom. The van der Waals surface area contributed by atoms with Crippen molar-refractivity contribution >= 4 is 23.5 Å². The molecule has 1 amide bonds. The van der Waals surface area contributed by atoms with Crippen LogP contribution in [0.15, 0.2) is 6.20 Å². The van der Waals surface area contributed by atoms with Gasteiger partial charge in [-0.05, 0) is 24.4 Å². The molecular formula is C11H12ClFN4O2. The number of hydrogen-bond acceptors (Lipinski definition) is 4. The van der Waals surface area contributed by atoms with Crippen LogP contribution in [0.25, 0.3) is 0 Å². The number of piperazine rings is 1. The van der Waals surface area contributed by atoms with E-state index in [0.29, 0.717) is 13.1 Å². The molecule has 8 heteroatoms. The number of aromatic nitrogens is 2. The van der Waals surface area contributed by atoms with Gasteiger partial charge in [0.25, 0.3) is 0 Å². The summed E-state index contributed by atoms with van der Waals surface area (Å²) in [6.07, 6.45) is 1.73. The van der Waals surface area contributed by atoms with E-state index in [2.05, 4.69) is 9.97 Å². The van der Waals surface area contributed by atoms with Gasteiger partial charge in [0.15, 0.2) is 11.6 Å². The van der Waals surface area contributed by atoms with Gasteiger partial charge >= 0.3 is 6.09 Å². The predicted octanol–water partition coefficient (Wildman–Crippen LogP) is 1.60. The van der Waals surface area contributed by atoms with Crippen molar-refractivity contribution in [1.82, 2.24) is 14.9 Å². The molecule has 0 saturated carbocycles. The molecule has 1 aromatic rings. The van der Waals surface area contributed by atoms with E-state index in [1.165, 1.54) is 4.90 Å². The second-order valence-electron chi connectivity index (χ2n) is 4.79. The zero-order valence-corrected chi connectivity index (χ0v) is 10.7. The number of fused-ring (bicyclic) bond motifs is 2. The molecule has 2 bridgehead atoms. The summed E-state index contributed by atoms with van der Waals surface area (Å²) in [5.74, 6) is -0.380. The lowest BCUT2D eigenvalue weighted by molar-refractivity contribution is 0.114. The first-order valence-corrected chi connectivity index (χ1v) is 6.38. The van der Waals surface area contributed by atoms with Crippen molar-refractivity contribution < 1.29 is 14.3 Å². The highest BCUT2D eigenvalue weighted by Gasteiger charge is 2.43. The van der Waals surface area contributed by atoms with Crippen molar-refractivity contribution in [3.63, 3.8) is 0 Å². The molecule has 19 heavy (non-hydrogen) atoms. The second-order valence-corrected chi connectivity index (χ2v) is 5.13. The fourth-order valence-electron chi connectivity index (χ4n) is 2.95. The van der Waals surface area contributed by atoms with Crippen molar-refractivity contribution in [2.24, 2.45) is 0 Å². The zero-order valence-electron chi connectivity index (χ0n) is 9.96. The summed E-state index contributed by atoms with van der Waals surface area (Å²) in [5, 5.41) is 9.15. The molecule has 0 aromatic carbocycles. The van der Waals surface area contributed by atoms with Gasteiger partial charge in [0.1, 0.15) is 0 Å². The standard InChI is InChI=1S/C11H12ClFN4O2/c12-10-14-3-8(13)9(15-10)16-4-6-1-2-7(5-16)17(6)11(18)19/h3,6-7H,1-2,4-5H2,(H,18,19)/t6-,7+. The highest BCUT2D eigenvalue weighted by atomic mass is 35.5. The van der Waals surface area contributed by atoms with E-state index in [1.807, 2.05) is 0 Å². The smallest absolute Gasteiger partial charge is 0.407 e. The maximum atomic E-state index is 13.7. The van der Waals surface area contributed by atoms with Crippen LogP contribution in [0, 0.1) is 5.82 Å². The molecular weight excluding hydrogens is 275 g/mol. The average molecular weight is 287 g/mol. The van der Waals surface area contributed by atoms with E-state index >= 15 is 0 Å². The van der Waals surface area contributed by atoms with Crippen LogP contribution in [0.5, 0.6) is 0 Å². The Kier molecular flexibility index (Phi) is 2.93. The van der Waals surface area contributed by atoms with E-state index in [9.17, 15) is 9.18 Å². The van der Waals surface area contributed by atoms with Crippen LogP contribution in [0.2, 0.25) is 5.28 Å². The van der Waals surface area contributed by atoms with Crippen molar-refractivity contribution in [2.45, 2.75) is 24.9 Å². The highest BCUT2D eigenvalue weighted by Crippen LogP contribution is 2.32. The number of carbonyl (C=O) groups is 1. The predicted molar refractivity (Wildman–Crippen MR) is 65.9 cm³/mol. The maximum Gasteiger partial charge on any atom is 0.407 e. The van der Waals surface area contributed by atoms with Crippen LogP contribution in [0.4, 0.5) is 15.0 Å². The molecule has 3 rings (SSSR count). The molecule has 1 N–H and O–H groups in total. The van der Waals surface area contributed by atoms with Gasteiger partial charge in [-0.25, -0.2) is 14.2 Å². The average Bonchev–Trinajstić information content (AvgIpc) is 2.64. The van der Waals surface area contributed by atoms with Crippen LogP contribution >= 0.6 is 11.6 Å². The molecule has 1 aromatic heterocycles. The van der Waals surface area contributed by atoms with Crippen LogP contribution in [-0.4, -0.2) is 51.2 Å². The Labute approximate surface area is 113 Å². The quantitative estimate of drug-likeness (QED) is 0.794. The number of halogens is 2. The summed E-state index contributed by atoms with van der Waals surface area (Å²) in [6, 6.07) is -0.214. The van der Waals surface area contributed by atoms with Crippen molar-refractivity contribution in [1.29, 1.82) is 0 Å². The summed E-state index contributed by atoms with van der Waals surface area (Å²) < 4.78 is 13.7. The Bertz CT molecular complexity index is 515. The van der Waals surface area contributed by atoms with Gasteiger partial charge in [0.2, 0.25) is 5.28 Å². The summed E-state index contributed by atoms with van der Waals surface area (Å²) >= 11 is 5.68. The lowest BCUT2D eigenvalue weighted by Crippen LogP contribution is -2.55. The molecule has 0 spiro atoms. The third-order valence-corrected chi connectivity index (χ3v) is 3.88. The first-order chi connectivity index (χ1) is 9.06. The number of amides is 1. The SMILES string of the molecule is O=C(O)N1[C@@H]2CC[C@H]1CN(c1nc(Cl)ncc1F)C2. The normalized spacial score (nSPS) is 25.8. The topological polar surface area (TPSA) is 69.6 Å². The molecule has 2 saturated heterocycles. The van der Waals surface area contributed by atoms with Gasteiger partial charge in [-0.15, -0.1) is 0 Å². The molecule has 2 aliphatic heterocycles. The fraction of sp³-hybridized carbons (Fsp3) is 0.545. The monoisotopic (exact) mass is 286 g/mol. The lowest BCUT2D eigenvalue weighted by atomic mass is 10.2. The minimum absolute atomic E-state index is 0.00980. The van der Waals surface area contributed by atoms with E-state index in [1.54, 1.807) is 4.90 Å². The summed E-state index contributed by atoms with van der Waals surface area (Å²) in [7, 11) is 0. The highest BCUT2D eigenvalue weighted by molar-refractivity contribution is 6.28. The molecule has 2 aliphatic rings. The van der Waals surface area contributed by atoms with Crippen LogP contribution < -0.4 is 4.90 Å². The minimum atomic E-state index is -0.909. The van der Waals surface area contributed by atoms with Crippen molar-refractivity contribution in [3.8, 4) is 0 Å². The first kappa shape index (κ1) is 12.4. The van der Waals surface area contributed by atoms with Gasteiger partial charge in [0.05, 0.1) is 18.3 Å². The van der Waals surface area contributed by atoms with Crippen molar-refractivity contribution in [3.05, 3.63) is 17.3 Å². The Balaban J connectivity index is 1.86. The molecule has 6 nitrogen and oxygen atoms in total. The molecule has 2 atom stereocenters. The molecule has 0 unspecified atom stereocenters. The Morgan fingerprint density at radius 2 is 2.05 bits per heavy atom. The van der Waals surface area contributed by atoms with Crippen LogP contribution in [-0.2, 0) is 0 Å². The number of nitrogens with zero attached hydrogens (tertiary/aromatic N) is 4. The van der Waals surface area contributed by atoms with Gasteiger partial charge < -0.3 is 10.0 Å². The van der Waals surface area contributed by atoms with Crippen LogP contribution in [0.3, 0.4) is 0 Å². The minimum Gasteiger partial charge on any atom is -0.465 e. The second kappa shape index (κ2) is 4.48. The number of anilines is 1. The number of hydrogen-bond donors (Lipinski definition) is 1. The van der Waals surface area contributed by atoms with Gasteiger partial charge in [-0.1, -0.05) is 0 Å². The maximum absolute atomic E-state index is 13.7. The van der Waals surface area contributed by atoms with E-state index in [0.717, 1.165) is 19.0 Å². The summed E-state index contributed by atoms with van der Waals surface area (Å²) in [5.41, 5.74) is 0. The molecule has 0 aliphatic carbocycles. The van der Waals surface area contributed by atoms with Gasteiger partial charge in [-0.2, -0.15) is 4.98 Å². The molecule has 0 radical (unpaired) electrons. The third kappa shape index (κ3) is 2.07. The largest absolute Gasteiger partial charge is 0.465 e. The molecule has 3 heterocycles. The number of carboxylic acid groups (broad SMARTS) is 1. The molecule has 102 valence electrons. The Hall–Kier alpha value is -1.63. The Morgan fingerprint density at radius 3 is 2.63 bits per heavy atom. The van der Waals surface area contributed by atoms with Crippen LogP contribution in [0.1, 0.15) is 12.8 Å². The van der Waals surface area contributed by atoms with E-state index in [-0.39, 0.29) is 23.2 Å². The summed E-state index contributed by atoms with van der Waals surface area (Å²) in [4.78, 5) is 21.9. The summed E-state index contributed by atoms with van der Waals surface area (Å²) in [6.45, 7) is 0.875. The van der Waals surface area contributed by atoms with Crippen molar-refractivity contribution in [2.75, 3.05) is 18.0 Å². The number of rotatable bonds is 1. The van der Waals surface area contributed by atoms with E-state index < -0.39 is 11.9 Å². The first-order valence-electron chi connectivity index (χ1n) is 6.00. The fourth-order valence-corrected chi connectivity index (χ4v) is 3.08. The lowest BCUT2D eigenvalue weighted by Gasteiger charge is -2.39.